The fraction of sp³-hybridized carbons (Fsp3) is 0.217. The van der Waals surface area contributed by atoms with Crippen molar-refractivity contribution >= 4 is 11.6 Å². The van der Waals surface area contributed by atoms with Gasteiger partial charge in [-0.3, -0.25) is 14.2 Å². The molecular weight excluding hydrogens is 366 g/mol. The van der Waals surface area contributed by atoms with Gasteiger partial charge >= 0.3 is 0 Å². The van der Waals surface area contributed by atoms with Crippen LogP contribution < -0.4 is 15.2 Å². The van der Waals surface area contributed by atoms with Gasteiger partial charge in [0.15, 0.2) is 0 Å². The molecule has 148 valence electrons. The average Bonchev–Trinajstić information content (AvgIpc) is 2.79. The molecule has 2 heterocycles. The summed E-state index contributed by atoms with van der Waals surface area (Å²) < 4.78 is 6.97. The Morgan fingerprint density at radius 3 is 2.28 bits per heavy atom. The molecule has 0 bridgehead atoms. The topological polar surface area (TPSA) is 54.8 Å². The molecule has 2 aromatic carbocycles. The van der Waals surface area contributed by atoms with E-state index in [0.29, 0.717) is 18.7 Å². The van der Waals surface area contributed by atoms with Crippen molar-refractivity contribution in [3.8, 4) is 11.4 Å². The predicted molar refractivity (Wildman–Crippen MR) is 113 cm³/mol. The van der Waals surface area contributed by atoms with Crippen LogP contribution in [0.4, 0.5) is 5.69 Å². The Labute approximate surface area is 169 Å². The van der Waals surface area contributed by atoms with Crippen molar-refractivity contribution < 1.29 is 9.53 Å². The summed E-state index contributed by atoms with van der Waals surface area (Å²) in [7, 11) is 1.67. The molecule has 1 amide bonds. The van der Waals surface area contributed by atoms with Gasteiger partial charge in [-0.25, -0.2) is 0 Å². The number of carbonyl (C=O) groups excluding carboxylic acids is 1. The van der Waals surface area contributed by atoms with Gasteiger partial charge in [0.25, 0.3) is 11.5 Å². The van der Waals surface area contributed by atoms with E-state index in [4.69, 9.17) is 4.74 Å². The van der Waals surface area contributed by atoms with Gasteiger partial charge in [0.05, 0.1) is 18.4 Å². The molecular formula is C23H23N3O3. The summed E-state index contributed by atoms with van der Waals surface area (Å²) in [6, 6.07) is 20.3. The number of benzene rings is 2. The van der Waals surface area contributed by atoms with Crippen LogP contribution in [0, 0.1) is 0 Å². The van der Waals surface area contributed by atoms with E-state index in [9.17, 15) is 9.59 Å². The number of para-hydroxylation sites is 3. The Kier molecular flexibility index (Phi) is 5.33. The van der Waals surface area contributed by atoms with E-state index in [2.05, 4.69) is 4.90 Å². The van der Waals surface area contributed by atoms with Crippen molar-refractivity contribution in [3.63, 3.8) is 0 Å². The zero-order valence-electron chi connectivity index (χ0n) is 16.3. The number of carbonyl (C=O) groups is 1. The average molecular weight is 389 g/mol. The van der Waals surface area contributed by atoms with Crippen LogP contribution in [0.25, 0.3) is 5.69 Å². The minimum atomic E-state index is -0.159. The lowest BCUT2D eigenvalue weighted by Crippen LogP contribution is -2.49. The lowest BCUT2D eigenvalue weighted by atomic mass is 10.2. The number of methoxy groups -OCH3 is 1. The van der Waals surface area contributed by atoms with Gasteiger partial charge in [0.1, 0.15) is 5.75 Å². The molecule has 1 aliphatic rings. The zero-order chi connectivity index (χ0) is 20.2. The third-order valence-electron chi connectivity index (χ3n) is 5.19. The molecule has 0 spiro atoms. The highest BCUT2D eigenvalue weighted by Crippen LogP contribution is 2.28. The van der Waals surface area contributed by atoms with Gasteiger partial charge in [-0.1, -0.05) is 30.3 Å². The second-order valence-corrected chi connectivity index (χ2v) is 6.91. The number of amides is 1. The van der Waals surface area contributed by atoms with Crippen molar-refractivity contribution in [1.29, 1.82) is 0 Å². The number of hydrogen-bond acceptors (Lipinski definition) is 4. The van der Waals surface area contributed by atoms with Crippen molar-refractivity contribution in [3.05, 3.63) is 88.8 Å². The number of anilines is 1. The number of rotatable bonds is 4. The van der Waals surface area contributed by atoms with Gasteiger partial charge < -0.3 is 14.5 Å². The van der Waals surface area contributed by atoms with E-state index in [1.807, 2.05) is 59.5 Å². The highest BCUT2D eigenvalue weighted by atomic mass is 16.5. The Hall–Kier alpha value is -3.54. The second-order valence-electron chi connectivity index (χ2n) is 6.91. The Balaban J connectivity index is 1.50. The Morgan fingerprint density at radius 1 is 0.862 bits per heavy atom. The van der Waals surface area contributed by atoms with Crippen molar-refractivity contribution in [2.45, 2.75) is 0 Å². The molecule has 0 N–H and O–H groups in total. The number of ether oxygens (including phenoxy) is 1. The van der Waals surface area contributed by atoms with Crippen molar-refractivity contribution in [1.82, 2.24) is 9.47 Å². The van der Waals surface area contributed by atoms with Gasteiger partial charge in [0.2, 0.25) is 0 Å². The van der Waals surface area contributed by atoms with Crippen molar-refractivity contribution in [2.75, 3.05) is 38.2 Å². The third kappa shape index (κ3) is 3.87. The summed E-state index contributed by atoms with van der Waals surface area (Å²) in [6.45, 7) is 2.68. The summed E-state index contributed by atoms with van der Waals surface area (Å²) in [4.78, 5) is 29.3. The first-order valence-corrected chi connectivity index (χ1v) is 9.63. The lowest BCUT2D eigenvalue weighted by molar-refractivity contribution is 0.0746. The quantitative estimate of drug-likeness (QED) is 0.689. The number of nitrogens with zero attached hydrogens (tertiary/aromatic N) is 3. The smallest absolute Gasteiger partial charge is 0.255 e. The van der Waals surface area contributed by atoms with E-state index >= 15 is 0 Å². The molecule has 29 heavy (non-hydrogen) atoms. The van der Waals surface area contributed by atoms with E-state index in [1.54, 1.807) is 19.4 Å². The molecule has 0 radical (unpaired) electrons. The van der Waals surface area contributed by atoms with E-state index in [-0.39, 0.29) is 11.5 Å². The van der Waals surface area contributed by atoms with E-state index in [0.717, 1.165) is 30.2 Å². The monoisotopic (exact) mass is 389 g/mol. The summed E-state index contributed by atoms with van der Waals surface area (Å²) in [5, 5.41) is 0. The minimum Gasteiger partial charge on any atom is -0.495 e. The summed E-state index contributed by atoms with van der Waals surface area (Å²) in [5.74, 6) is 0.775. The van der Waals surface area contributed by atoms with Gasteiger partial charge in [-0.2, -0.15) is 0 Å². The number of hydrogen-bond donors (Lipinski definition) is 0. The van der Waals surface area contributed by atoms with Crippen LogP contribution in [0.2, 0.25) is 0 Å². The normalized spacial score (nSPS) is 14.0. The highest BCUT2D eigenvalue weighted by Gasteiger charge is 2.24. The highest BCUT2D eigenvalue weighted by molar-refractivity contribution is 5.94. The standard InChI is InChI=1S/C23H23N3O3/c1-29-21-10-6-5-9-20(21)24-13-15-25(16-14-24)23(28)18-11-12-22(27)26(17-18)19-7-3-2-4-8-19/h2-12,17H,13-16H2,1H3. The van der Waals surface area contributed by atoms with E-state index in [1.165, 1.54) is 10.6 Å². The molecule has 1 aliphatic heterocycles. The second kappa shape index (κ2) is 8.22. The number of aromatic nitrogens is 1. The molecule has 1 fully saturated rings. The fourth-order valence-electron chi connectivity index (χ4n) is 3.63. The largest absolute Gasteiger partial charge is 0.495 e. The fourth-order valence-corrected chi connectivity index (χ4v) is 3.63. The summed E-state index contributed by atoms with van der Waals surface area (Å²) >= 11 is 0. The molecule has 3 aromatic rings. The summed E-state index contributed by atoms with van der Waals surface area (Å²) in [6.07, 6.45) is 1.63. The predicted octanol–water partition coefficient (Wildman–Crippen LogP) is 2.81. The first-order valence-electron chi connectivity index (χ1n) is 9.63. The van der Waals surface area contributed by atoms with Crippen LogP contribution in [0.15, 0.2) is 77.7 Å². The maximum absolute atomic E-state index is 13.0. The summed E-state index contributed by atoms with van der Waals surface area (Å²) in [5.41, 5.74) is 2.14. The molecule has 6 nitrogen and oxygen atoms in total. The van der Waals surface area contributed by atoms with Gasteiger partial charge in [0, 0.05) is 44.1 Å². The van der Waals surface area contributed by atoms with E-state index < -0.39 is 0 Å². The zero-order valence-corrected chi connectivity index (χ0v) is 16.3. The van der Waals surface area contributed by atoms with Crippen LogP contribution in [0.5, 0.6) is 5.75 Å². The van der Waals surface area contributed by atoms with Crippen LogP contribution in [-0.2, 0) is 0 Å². The SMILES string of the molecule is COc1ccccc1N1CCN(C(=O)c2ccc(=O)n(-c3ccccc3)c2)CC1. The lowest BCUT2D eigenvalue weighted by Gasteiger charge is -2.36. The van der Waals surface area contributed by atoms with Crippen LogP contribution in [0.1, 0.15) is 10.4 Å². The molecule has 6 heteroatoms. The molecule has 0 unspecified atom stereocenters. The van der Waals surface area contributed by atoms with Crippen LogP contribution in [-0.4, -0.2) is 48.7 Å². The molecule has 1 aromatic heterocycles. The minimum absolute atomic E-state index is 0.0608. The Bertz CT molecular complexity index is 1050. The van der Waals surface area contributed by atoms with Gasteiger partial charge in [-0.05, 0) is 30.3 Å². The number of piperazine rings is 1. The van der Waals surface area contributed by atoms with Gasteiger partial charge in [-0.15, -0.1) is 0 Å². The molecule has 0 atom stereocenters. The first kappa shape index (κ1) is 18.8. The maximum atomic E-state index is 13.0. The molecule has 0 saturated carbocycles. The third-order valence-corrected chi connectivity index (χ3v) is 5.19. The van der Waals surface area contributed by atoms with Crippen LogP contribution in [0.3, 0.4) is 0 Å². The maximum Gasteiger partial charge on any atom is 0.255 e. The molecule has 4 rings (SSSR count). The first-order chi connectivity index (χ1) is 14.2. The number of pyridine rings is 1. The Morgan fingerprint density at radius 2 is 1.55 bits per heavy atom. The molecule has 0 aliphatic carbocycles. The van der Waals surface area contributed by atoms with Crippen LogP contribution >= 0.6 is 0 Å². The van der Waals surface area contributed by atoms with Crippen molar-refractivity contribution in [2.24, 2.45) is 0 Å². The molecule has 1 saturated heterocycles.